The smallest absolute Gasteiger partial charge is 0.185 e. The van der Waals surface area contributed by atoms with Gasteiger partial charge in [0.2, 0.25) is 0 Å². The second kappa shape index (κ2) is 8.49. The highest BCUT2D eigenvalue weighted by atomic mass is 16.5. The number of morpholine rings is 1. The molecule has 1 fully saturated rings. The number of ketones is 1. The summed E-state index contributed by atoms with van der Waals surface area (Å²) in [5.41, 5.74) is 2.66. The average molecular weight is 337 g/mol. The summed E-state index contributed by atoms with van der Waals surface area (Å²) in [6.45, 7) is 5.71. The quantitative estimate of drug-likeness (QED) is 0.593. The molecule has 2 aromatic rings. The molecule has 1 heterocycles. The lowest BCUT2D eigenvalue weighted by Gasteiger charge is -2.29. The van der Waals surface area contributed by atoms with E-state index in [4.69, 9.17) is 9.47 Å². The van der Waals surface area contributed by atoms with Crippen LogP contribution in [0.2, 0.25) is 0 Å². The van der Waals surface area contributed by atoms with Gasteiger partial charge in [0.05, 0.1) is 19.8 Å². The molecule has 0 aliphatic carbocycles. The van der Waals surface area contributed by atoms with E-state index in [1.165, 1.54) is 0 Å². The summed E-state index contributed by atoms with van der Waals surface area (Å²) in [5, 5.41) is 0. The highest BCUT2D eigenvalue weighted by Crippen LogP contribution is 2.21. The molecule has 0 aromatic heterocycles. The van der Waals surface area contributed by atoms with Crippen molar-refractivity contribution in [1.29, 1.82) is 0 Å². The first-order chi connectivity index (χ1) is 12.3. The zero-order valence-corrected chi connectivity index (χ0v) is 14.5. The van der Waals surface area contributed by atoms with Gasteiger partial charge in [-0.3, -0.25) is 4.79 Å². The van der Waals surface area contributed by atoms with Gasteiger partial charge in [-0.15, -0.1) is 0 Å². The summed E-state index contributed by atoms with van der Waals surface area (Å²) in [7, 11) is 0. The Labute approximate surface area is 148 Å². The molecule has 1 saturated heterocycles. The van der Waals surface area contributed by atoms with Gasteiger partial charge < -0.3 is 14.4 Å². The molecule has 1 aliphatic rings. The van der Waals surface area contributed by atoms with E-state index in [0.717, 1.165) is 43.3 Å². The predicted octanol–water partition coefficient (Wildman–Crippen LogP) is 3.82. The Morgan fingerprint density at radius 3 is 2.76 bits per heavy atom. The number of allylic oxidation sites excluding steroid dienone is 1. The van der Waals surface area contributed by atoms with Crippen LogP contribution >= 0.6 is 0 Å². The minimum absolute atomic E-state index is 0.0126. The van der Waals surface area contributed by atoms with E-state index in [2.05, 4.69) is 4.90 Å². The number of carbonyl (C=O) groups is 1. The lowest BCUT2D eigenvalue weighted by Crippen LogP contribution is -2.36. The number of rotatable bonds is 6. The first kappa shape index (κ1) is 17.2. The van der Waals surface area contributed by atoms with Crippen LogP contribution in [0.4, 0.5) is 5.69 Å². The van der Waals surface area contributed by atoms with Crippen LogP contribution in [0.1, 0.15) is 22.8 Å². The molecule has 0 unspecified atom stereocenters. The third-order valence-corrected chi connectivity index (χ3v) is 4.14. The van der Waals surface area contributed by atoms with Crippen molar-refractivity contribution >= 4 is 17.5 Å². The molecule has 1 aliphatic heterocycles. The molecule has 25 heavy (non-hydrogen) atoms. The number of nitrogens with zero attached hydrogens (tertiary/aromatic N) is 1. The Morgan fingerprint density at radius 2 is 1.96 bits per heavy atom. The lowest BCUT2D eigenvalue weighted by atomic mass is 10.1. The molecule has 0 N–H and O–H groups in total. The van der Waals surface area contributed by atoms with Crippen LogP contribution in [0.25, 0.3) is 6.08 Å². The minimum atomic E-state index is -0.0126. The van der Waals surface area contributed by atoms with E-state index in [0.29, 0.717) is 12.2 Å². The van der Waals surface area contributed by atoms with Crippen molar-refractivity contribution < 1.29 is 14.3 Å². The van der Waals surface area contributed by atoms with Crippen molar-refractivity contribution in [2.75, 3.05) is 37.8 Å². The van der Waals surface area contributed by atoms with Crippen molar-refractivity contribution in [2.24, 2.45) is 0 Å². The van der Waals surface area contributed by atoms with Gasteiger partial charge in [0, 0.05) is 29.9 Å². The SMILES string of the molecule is CCOc1ccccc1C=CC(=O)c1cccc(N2CCOCC2)c1. The number of ether oxygens (including phenoxy) is 2. The maximum absolute atomic E-state index is 12.6. The fraction of sp³-hybridized carbons (Fsp3) is 0.286. The van der Waals surface area contributed by atoms with Gasteiger partial charge in [-0.1, -0.05) is 30.3 Å². The lowest BCUT2D eigenvalue weighted by molar-refractivity contribution is 0.104. The monoisotopic (exact) mass is 337 g/mol. The molecule has 130 valence electrons. The number of carbonyl (C=O) groups excluding carboxylic acids is 1. The van der Waals surface area contributed by atoms with Gasteiger partial charge in [0.1, 0.15) is 5.75 Å². The van der Waals surface area contributed by atoms with Crippen molar-refractivity contribution in [1.82, 2.24) is 0 Å². The molecule has 3 rings (SSSR count). The van der Waals surface area contributed by atoms with E-state index >= 15 is 0 Å². The number of benzene rings is 2. The molecule has 4 heteroatoms. The van der Waals surface area contributed by atoms with Crippen LogP contribution in [-0.2, 0) is 4.74 Å². The summed E-state index contributed by atoms with van der Waals surface area (Å²) >= 11 is 0. The maximum Gasteiger partial charge on any atom is 0.185 e. The standard InChI is InChI=1S/C21H23NO3/c1-2-25-21-9-4-3-6-17(21)10-11-20(23)18-7-5-8-19(16-18)22-12-14-24-15-13-22/h3-11,16H,2,12-15H2,1H3. The largest absolute Gasteiger partial charge is 0.493 e. The van der Waals surface area contributed by atoms with E-state index in [9.17, 15) is 4.79 Å². The zero-order chi connectivity index (χ0) is 17.5. The molecule has 4 nitrogen and oxygen atoms in total. The highest BCUT2D eigenvalue weighted by molar-refractivity contribution is 6.07. The molecule has 0 bridgehead atoms. The van der Waals surface area contributed by atoms with E-state index in [-0.39, 0.29) is 5.78 Å². The highest BCUT2D eigenvalue weighted by Gasteiger charge is 2.12. The Morgan fingerprint density at radius 1 is 1.16 bits per heavy atom. The van der Waals surface area contributed by atoms with Crippen molar-refractivity contribution in [3.8, 4) is 5.75 Å². The van der Waals surface area contributed by atoms with Crippen LogP contribution in [0.5, 0.6) is 5.75 Å². The van der Waals surface area contributed by atoms with Crippen molar-refractivity contribution in [3.63, 3.8) is 0 Å². The second-order valence-corrected chi connectivity index (χ2v) is 5.82. The predicted molar refractivity (Wildman–Crippen MR) is 100 cm³/mol. The molecule has 0 saturated carbocycles. The van der Waals surface area contributed by atoms with Gasteiger partial charge in [-0.25, -0.2) is 0 Å². The number of hydrogen-bond donors (Lipinski definition) is 0. The Hall–Kier alpha value is -2.59. The number of hydrogen-bond acceptors (Lipinski definition) is 4. The summed E-state index contributed by atoms with van der Waals surface area (Å²) in [5.74, 6) is 0.775. The third-order valence-electron chi connectivity index (χ3n) is 4.14. The van der Waals surface area contributed by atoms with E-state index in [1.54, 1.807) is 6.08 Å². The van der Waals surface area contributed by atoms with Crippen LogP contribution in [-0.4, -0.2) is 38.7 Å². The van der Waals surface area contributed by atoms with Gasteiger partial charge >= 0.3 is 0 Å². The first-order valence-corrected chi connectivity index (χ1v) is 8.65. The minimum Gasteiger partial charge on any atom is -0.493 e. The van der Waals surface area contributed by atoms with E-state index < -0.39 is 0 Å². The van der Waals surface area contributed by atoms with Crippen molar-refractivity contribution in [2.45, 2.75) is 6.92 Å². The fourth-order valence-corrected chi connectivity index (χ4v) is 2.84. The molecule has 0 spiro atoms. The van der Waals surface area contributed by atoms with Gasteiger partial charge in [-0.2, -0.15) is 0 Å². The molecule has 2 aromatic carbocycles. The van der Waals surface area contributed by atoms with Gasteiger partial charge in [0.15, 0.2) is 5.78 Å². The molecular formula is C21H23NO3. The molecule has 0 amide bonds. The van der Waals surface area contributed by atoms with Crippen LogP contribution in [0.15, 0.2) is 54.6 Å². The first-order valence-electron chi connectivity index (χ1n) is 8.65. The summed E-state index contributed by atoms with van der Waals surface area (Å²) in [4.78, 5) is 14.8. The van der Waals surface area contributed by atoms with Gasteiger partial charge in [-0.05, 0) is 37.3 Å². The molecule has 0 atom stereocenters. The Balaban J connectivity index is 1.75. The topological polar surface area (TPSA) is 38.8 Å². The summed E-state index contributed by atoms with van der Waals surface area (Å²) in [6.07, 6.45) is 3.42. The number of anilines is 1. The van der Waals surface area contributed by atoms with Crippen molar-refractivity contribution in [3.05, 3.63) is 65.7 Å². The maximum atomic E-state index is 12.6. The second-order valence-electron chi connectivity index (χ2n) is 5.82. The fourth-order valence-electron chi connectivity index (χ4n) is 2.84. The third kappa shape index (κ3) is 4.48. The van der Waals surface area contributed by atoms with Crippen LogP contribution in [0, 0.1) is 0 Å². The Bertz CT molecular complexity index is 748. The van der Waals surface area contributed by atoms with E-state index in [1.807, 2.05) is 61.5 Å². The molecule has 0 radical (unpaired) electrons. The average Bonchev–Trinajstić information content (AvgIpc) is 2.68. The van der Waals surface area contributed by atoms with Gasteiger partial charge in [0.25, 0.3) is 0 Å². The Kier molecular flexibility index (Phi) is 5.86. The number of para-hydroxylation sites is 1. The summed E-state index contributed by atoms with van der Waals surface area (Å²) < 4.78 is 11.0. The zero-order valence-electron chi connectivity index (χ0n) is 14.5. The van der Waals surface area contributed by atoms with Crippen LogP contribution in [0.3, 0.4) is 0 Å². The summed E-state index contributed by atoms with van der Waals surface area (Å²) in [6, 6.07) is 15.5. The molecular weight excluding hydrogens is 314 g/mol. The van der Waals surface area contributed by atoms with Crippen LogP contribution < -0.4 is 9.64 Å². The normalized spacial score (nSPS) is 14.7.